The van der Waals surface area contributed by atoms with Gasteiger partial charge in [0.05, 0.1) is 13.2 Å². The van der Waals surface area contributed by atoms with Crippen molar-refractivity contribution < 1.29 is 13.2 Å². The van der Waals surface area contributed by atoms with Gasteiger partial charge in [-0.1, -0.05) is 6.07 Å². The molecule has 78 valence electrons. The molecule has 2 heterocycles. The Kier molecular flexibility index (Phi) is 2.87. The summed E-state index contributed by atoms with van der Waals surface area (Å²) in [7, 11) is -3.24. The summed E-state index contributed by atoms with van der Waals surface area (Å²) in [5.41, 5.74) is 0. The Morgan fingerprint density at radius 2 is 2.43 bits per heavy atom. The van der Waals surface area contributed by atoms with Crippen LogP contribution in [0.3, 0.4) is 0 Å². The molecule has 1 aromatic rings. The Bertz CT molecular complexity index is 379. The lowest BCUT2D eigenvalue weighted by Crippen LogP contribution is -2.46. The van der Waals surface area contributed by atoms with E-state index in [1.165, 1.54) is 11.3 Å². The van der Waals surface area contributed by atoms with E-state index in [1.54, 1.807) is 17.5 Å². The zero-order valence-electron chi connectivity index (χ0n) is 7.47. The molecule has 1 aromatic heterocycles. The van der Waals surface area contributed by atoms with Crippen LogP contribution in [0.15, 0.2) is 21.7 Å². The Hall–Kier alpha value is -0.430. The summed E-state index contributed by atoms with van der Waals surface area (Å²) >= 11 is 1.24. The second kappa shape index (κ2) is 3.98. The fourth-order valence-corrected chi connectivity index (χ4v) is 3.97. The molecular weight excluding hydrogens is 222 g/mol. The van der Waals surface area contributed by atoms with Gasteiger partial charge in [-0.15, -0.1) is 11.3 Å². The maximum atomic E-state index is 11.9. The van der Waals surface area contributed by atoms with Gasteiger partial charge in [0.1, 0.15) is 9.58 Å². The number of nitrogens with one attached hydrogen (secondary N) is 1. The summed E-state index contributed by atoms with van der Waals surface area (Å²) in [5, 5.41) is 4.11. The minimum absolute atomic E-state index is 0.236. The molecule has 0 saturated carbocycles. The average molecular weight is 233 g/mol. The zero-order valence-corrected chi connectivity index (χ0v) is 9.10. The monoisotopic (exact) mass is 233 g/mol. The minimum atomic E-state index is -3.24. The maximum Gasteiger partial charge on any atom is 0.205 e. The van der Waals surface area contributed by atoms with E-state index in [2.05, 4.69) is 5.32 Å². The van der Waals surface area contributed by atoms with Gasteiger partial charge in [-0.25, -0.2) is 8.42 Å². The van der Waals surface area contributed by atoms with Crippen molar-refractivity contribution in [2.75, 3.05) is 19.8 Å². The highest BCUT2D eigenvalue weighted by Gasteiger charge is 2.29. The number of sulfone groups is 1. The van der Waals surface area contributed by atoms with E-state index in [4.69, 9.17) is 4.74 Å². The van der Waals surface area contributed by atoms with Gasteiger partial charge in [0.2, 0.25) is 9.84 Å². The Labute approximate surface area is 86.8 Å². The van der Waals surface area contributed by atoms with E-state index in [0.29, 0.717) is 17.4 Å². The van der Waals surface area contributed by atoms with Crippen LogP contribution in [0.1, 0.15) is 0 Å². The Balaban J connectivity index is 2.23. The first-order valence-corrected chi connectivity index (χ1v) is 6.72. The predicted octanol–water partition coefficient (Wildman–Crippen LogP) is 0.468. The molecule has 2 rings (SSSR count). The third-order valence-corrected chi connectivity index (χ3v) is 5.43. The molecule has 14 heavy (non-hydrogen) atoms. The normalized spacial score (nSPS) is 23.6. The van der Waals surface area contributed by atoms with Crippen molar-refractivity contribution >= 4 is 21.2 Å². The molecule has 1 N–H and O–H groups in total. The highest BCUT2D eigenvalue weighted by atomic mass is 32.2. The number of hydrogen-bond acceptors (Lipinski definition) is 5. The number of morpholine rings is 1. The van der Waals surface area contributed by atoms with Gasteiger partial charge in [-0.2, -0.15) is 0 Å². The topological polar surface area (TPSA) is 55.4 Å². The lowest BCUT2D eigenvalue weighted by atomic mass is 10.5. The van der Waals surface area contributed by atoms with Crippen molar-refractivity contribution in [2.24, 2.45) is 0 Å². The van der Waals surface area contributed by atoms with Crippen LogP contribution < -0.4 is 5.32 Å². The summed E-state index contributed by atoms with van der Waals surface area (Å²) in [4.78, 5) is 0. The molecule has 6 heteroatoms. The standard InChI is InChI=1S/C8H11NO3S2/c10-14(11,8-2-1-5-13-8)7-6-12-4-3-9-7/h1-2,5,7,9H,3-4,6H2. The molecule has 0 amide bonds. The number of hydrogen-bond donors (Lipinski definition) is 1. The van der Waals surface area contributed by atoms with Crippen molar-refractivity contribution in [3.8, 4) is 0 Å². The summed E-state index contributed by atoms with van der Waals surface area (Å²) in [6.45, 7) is 1.41. The number of thiophene rings is 1. The van der Waals surface area contributed by atoms with Gasteiger partial charge in [0.15, 0.2) is 0 Å². The van der Waals surface area contributed by atoms with Gasteiger partial charge in [-0.3, -0.25) is 5.32 Å². The zero-order chi connectivity index (χ0) is 10.0. The van der Waals surface area contributed by atoms with E-state index in [-0.39, 0.29) is 6.61 Å². The van der Waals surface area contributed by atoms with Crippen LogP contribution in [0, 0.1) is 0 Å². The summed E-state index contributed by atoms with van der Waals surface area (Å²) in [6.07, 6.45) is 0. The molecule has 1 unspecified atom stereocenters. The molecule has 0 radical (unpaired) electrons. The fraction of sp³-hybridized carbons (Fsp3) is 0.500. The summed E-state index contributed by atoms with van der Waals surface area (Å²) < 4.78 is 29.4. The molecule has 1 saturated heterocycles. The third-order valence-electron chi connectivity index (χ3n) is 2.04. The Morgan fingerprint density at radius 1 is 1.57 bits per heavy atom. The molecule has 0 spiro atoms. The van der Waals surface area contributed by atoms with Crippen LogP contribution in [0.2, 0.25) is 0 Å². The second-order valence-electron chi connectivity index (χ2n) is 2.99. The van der Waals surface area contributed by atoms with Gasteiger partial charge in [0.25, 0.3) is 0 Å². The van der Waals surface area contributed by atoms with E-state index in [1.807, 2.05) is 0 Å². The maximum absolute atomic E-state index is 11.9. The van der Waals surface area contributed by atoms with Crippen molar-refractivity contribution in [3.05, 3.63) is 17.5 Å². The first-order chi connectivity index (χ1) is 6.71. The third kappa shape index (κ3) is 1.83. The van der Waals surface area contributed by atoms with Crippen LogP contribution in [0.25, 0.3) is 0 Å². The molecule has 0 aliphatic carbocycles. The van der Waals surface area contributed by atoms with Gasteiger partial charge >= 0.3 is 0 Å². The molecule has 0 aromatic carbocycles. The molecular formula is C8H11NO3S2. The Morgan fingerprint density at radius 3 is 3.00 bits per heavy atom. The van der Waals surface area contributed by atoms with Crippen molar-refractivity contribution in [1.29, 1.82) is 0 Å². The van der Waals surface area contributed by atoms with Crippen molar-refractivity contribution in [2.45, 2.75) is 9.58 Å². The predicted molar refractivity (Wildman–Crippen MR) is 54.1 cm³/mol. The molecule has 1 aliphatic rings. The van der Waals surface area contributed by atoms with Crippen molar-refractivity contribution in [1.82, 2.24) is 5.32 Å². The smallest absolute Gasteiger partial charge is 0.205 e. The number of ether oxygens (including phenoxy) is 1. The largest absolute Gasteiger partial charge is 0.377 e. The van der Waals surface area contributed by atoms with E-state index < -0.39 is 15.2 Å². The highest BCUT2D eigenvalue weighted by molar-refractivity contribution is 7.94. The molecule has 1 fully saturated rings. The lowest BCUT2D eigenvalue weighted by Gasteiger charge is -2.22. The van der Waals surface area contributed by atoms with Crippen LogP contribution in [0.5, 0.6) is 0 Å². The summed E-state index contributed by atoms with van der Waals surface area (Å²) in [6, 6.07) is 3.36. The molecule has 1 aliphatic heterocycles. The van der Waals surface area contributed by atoms with Gasteiger partial charge in [-0.05, 0) is 11.4 Å². The van der Waals surface area contributed by atoms with Crippen LogP contribution >= 0.6 is 11.3 Å². The second-order valence-corrected chi connectivity index (χ2v) is 6.30. The molecule has 4 nitrogen and oxygen atoms in total. The van der Waals surface area contributed by atoms with E-state index in [9.17, 15) is 8.42 Å². The van der Waals surface area contributed by atoms with E-state index >= 15 is 0 Å². The molecule has 1 atom stereocenters. The first-order valence-electron chi connectivity index (χ1n) is 4.30. The first kappa shape index (κ1) is 10.1. The quantitative estimate of drug-likeness (QED) is 0.806. The van der Waals surface area contributed by atoms with Gasteiger partial charge in [0, 0.05) is 6.54 Å². The van der Waals surface area contributed by atoms with Crippen molar-refractivity contribution in [3.63, 3.8) is 0 Å². The van der Waals surface area contributed by atoms with Crippen LogP contribution in [0.4, 0.5) is 0 Å². The van der Waals surface area contributed by atoms with Gasteiger partial charge < -0.3 is 4.74 Å². The lowest BCUT2D eigenvalue weighted by molar-refractivity contribution is 0.0978. The van der Waals surface area contributed by atoms with E-state index in [0.717, 1.165) is 0 Å². The highest BCUT2D eigenvalue weighted by Crippen LogP contribution is 2.21. The van der Waals surface area contributed by atoms with Crippen LogP contribution in [-0.4, -0.2) is 33.6 Å². The average Bonchev–Trinajstić information content (AvgIpc) is 2.72. The molecule has 0 bridgehead atoms. The minimum Gasteiger partial charge on any atom is -0.377 e. The SMILES string of the molecule is O=S(=O)(c1cccs1)C1COCCN1. The fourth-order valence-electron chi connectivity index (χ4n) is 1.31. The summed E-state index contributed by atoms with van der Waals surface area (Å²) in [5.74, 6) is 0. The van der Waals surface area contributed by atoms with Crippen LogP contribution in [-0.2, 0) is 14.6 Å². The number of rotatable bonds is 2.